The average Bonchev–Trinajstić information content (AvgIpc) is 3.58. The maximum Gasteiger partial charge on any atom is 0.123 e. The Bertz CT molecular complexity index is 1350. The van der Waals surface area contributed by atoms with Gasteiger partial charge in [0.2, 0.25) is 0 Å². The van der Waals surface area contributed by atoms with Crippen molar-refractivity contribution < 1.29 is 4.39 Å². The van der Waals surface area contributed by atoms with E-state index in [-0.39, 0.29) is 17.3 Å². The van der Waals surface area contributed by atoms with Gasteiger partial charge in [-0.15, -0.1) is 5.53 Å². The highest BCUT2D eigenvalue weighted by Crippen LogP contribution is 2.37. The van der Waals surface area contributed by atoms with Crippen molar-refractivity contribution in [3.63, 3.8) is 0 Å². The lowest BCUT2D eigenvalue weighted by Crippen LogP contribution is -2.38. The van der Waals surface area contributed by atoms with E-state index < -0.39 is 0 Å². The topological polar surface area (TPSA) is 88.0 Å². The molecule has 9 heteroatoms. The first-order chi connectivity index (χ1) is 17.2. The predicted octanol–water partition coefficient (Wildman–Crippen LogP) is 5.84. The van der Waals surface area contributed by atoms with E-state index in [1.54, 1.807) is 18.3 Å². The Balaban J connectivity index is 1.55. The number of fused-ring (bicyclic) bond motifs is 1. The largest absolute Gasteiger partial charge is 0.383 e. The molecule has 0 radical (unpaired) electrons. The van der Waals surface area contributed by atoms with E-state index in [9.17, 15) is 9.65 Å². The number of hydrogen-bond donors (Lipinski definition) is 4. The van der Waals surface area contributed by atoms with Crippen LogP contribution in [0.2, 0.25) is 5.02 Å². The van der Waals surface area contributed by atoms with Crippen LogP contribution in [0.25, 0.3) is 10.9 Å². The van der Waals surface area contributed by atoms with E-state index in [2.05, 4.69) is 58.4 Å². The summed E-state index contributed by atoms with van der Waals surface area (Å²) in [6.07, 6.45) is 5.89. The normalized spacial score (nSPS) is 16.3. The van der Waals surface area contributed by atoms with Gasteiger partial charge < -0.3 is 16.1 Å². The molecule has 1 atom stereocenters. The molecule has 2 aromatic carbocycles. The molecule has 36 heavy (non-hydrogen) atoms. The number of nitriles is 1. The second-order valence-corrected chi connectivity index (χ2v) is 10.9. The summed E-state index contributed by atoms with van der Waals surface area (Å²) < 4.78 is 13.7. The van der Waals surface area contributed by atoms with Gasteiger partial charge in [0, 0.05) is 36.1 Å². The molecule has 0 saturated heterocycles. The number of benzene rings is 2. The minimum absolute atomic E-state index is 0.0106. The Morgan fingerprint density at radius 1 is 1.25 bits per heavy atom. The molecule has 186 valence electrons. The fourth-order valence-corrected chi connectivity index (χ4v) is 4.44. The van der Waals surface area contributed by atoms with E-state index in [0.717, 1.165) is 35.2 Å². The average molecular weight is 506 g/mol. The molecule has 1 aromatic heterocycles. The van der Waals surface area contributed by atoms with Crippen LogP contribution in [0, 0.1) is 22.6 Å². The molecular weight excluding hydrogens is 477 g/mol. The Morgan fingerprint density at radius 2 is 2.00 bits per heavy atom. The van der Waals surface area contributed by atoms with Crippen molar-refractivity contribution in [3.8, 4) is 6.07 Å². The third-order valence-electron chi connectivity index (χ3n) is 6.21. The molecule has 0 bridgehead atoms. The van der Waals surface area contributed by atoms with Gasteiger partial charge in [-0.3, -0.25) is 9.99 Å². The van der Waals surface area contributed by atoms with Crippen LogP contribution in [0.15, 0.2) is 54.5 Å². The highest BCUT2D eigenvalue weighted by atomic mass is 35.5. The van der Waals surface area contributed by atoms with Gasteiger partial charge in [0.1, 0.15) is 11.9 Å². The van der Waals surface area contributed by atoms with Crippen molar-refractivity contribution in [2.45, 2.75) is 45.7 Å². The number of pyridine rings is 1. The van der Waals surface area contributed by atoms with Gasteiger partial charge in [0.05, 0.1) is 33.5 Å². The highest BCUT2D eigenvalue weighted by Gasteiger charge is 2.32. The van der Waals surface area contributed by atoms with Crippen LogP contribution in [0.1, 0.15) is 50.8 Å². The van der Waals surface area contributed by atoms with Crippen molar-refractivity contribution in [2.24, 2.45) is 5.41 Å². The van der Waals surface area contributed by atoms with Crippen molar-refractivity contribution in [2.75, 3.05) is 17.2 Å². The summed E-state index contributed by atoms with van der Waals surface area (Å²) in [6, 6.07) is 12.7. The number of nitrogens with one attached hydrogen (secondary N) is 4. The maximum atomic E-state index is 13.7. The molecule has 2 aliphatic rings. The fourth-order valence-electron chi connectivity index (χ4n) is 4.17. The fraction of sp³-hybridized carbons (Fsp3) is 0.333. The van der Waals surface area contributed by atoms with Crippen molar-refractivity contribution in [1.29, 1.82) is 5.26 Å². The second-order valence-electron chi connectivity index (χ2n) is 10.5. The molecule has 1 fully saturated rings. The summed E-state index contributed by atoms with van der Waals surface area (Å²) in [7, 11) is 0. The highest BCUT2D eigenvalue weighted by molar-refractivity contribution is 6.35. The quantitative estimate of drug-likeness (QED) is 0.321. The van der Waals surface area contributed by atoms with Crippen LogP contribution in [0.4, 0.5) is 15.8 Å². The molecule has 2 heterocycles. The third-order valence-corrected chi connectivity index (χ3v) is 6.50. The molecule has 1 aliphatic carbocycles. The van der Waals surface area contributed by atoms with Gasteiger partial charge in [-0.2, -0.15) is 5.26 Å². The first-order valence-electron chi connectivity index (χ1n) is 12.0. The number of rotatable bonds is 7. The molecule has 3 aromatic rings. The Kier molecular flexibility index (Phi) is 6.37. The van der Waals surface area contributed by atoms with E-state index in [4.69, 9.17) is 11.6 Å². The molecule has 0 amide bonds. The summed E-state index contributed by atoms with van der Waals surface area (Å²) >= 11 is 6.69. The number of hydrogen-bond acceptors (Lipinski definition) is 7. The van der Waals surface area contributed by atoms with Gasteiger partial charge in [-0.1, -0.05) is 44.5 Å². The molecule has 0 spiro atoms. The molecule has 0 unspecified atom stereocenters. The van der Waals surface area contributed by atoms with Crippen LogP contribution in [-0.2, 0) is 0 Å². The Labute approximate surface area is 215 Å². The second kappa shape index (κ2) is 9.49. The summed E-state index contributed by atoms with van der Waals surface area (Å²) in [5, 5.41) is 20.1. The number of hydrazine groups is 2. The molecule has 5 rings (SSSR count). The van der Waals surface area contributed by atoms with Gasteiger partial charge in [-0.25, -0.2) is 4.39 Å². The monoisotopic (exact) mass is 505 g/mol. The van der Waals surface area contributed by atoms with Crippen LogP contribution in [-0.4, -0.2) is 22.6 Å². The lowest BCUT2D eigenvalue weighted by Gasteiger charge is -2.23. The standard InChI is InChI=1S/C27H29ClFN7/c1-27(2,3)15-32-24-17(12-30)13-31-26-21(24)10-19(11-22(26)28)33-25(16-4-6-18(29)7-5-16)23-14-36(35-34-23)20-8-9-20/h4-7,10-11,13-14,20,25,33-35H,8-9,15H2,1-3H3,(H,31,32)/t25-/m0/s1. The number of halogens is 2. The van der Waals surface area contributed by atoms with Crippen molar-refractivity contribution in [1.82, 2.24) is 21.0 Å². The third kappa shape index (κ3) is 5.18. The van der Waals surface area contributed by atoms with Gasteiger partial charge in [-0.05, 0) is 48.1 Å². The van der Waals surface area contributed by atoms with Crippen molar-refractivity contribution in [3.05, 3.63) is 76.5 Å². The minimum Gasteiger partial charge on any atom is -0.383 e. The van der Waals surface area contributed by atoms with Crippen LogP contribution >= 0.6 is 11.6 Å². The zero-order valence-electron chi connectivity index (χ0n) is 20.5. The smallest absolute Gasteiger partial charge is 0.123 e. The van der Waals surface area contributed by atoms with E-state index >= 15 is 0 Å². The Morgan fingerprint density at radius 3 is 2.67 bits per heavy atom. The summed E-state index contributed by atoms with van der Waals surface area (Å²) in [4.78, 5) is 4.45. The summed E-state index contributed by atoms with van der Waals surface area (Å²) in [5.74, 6) is -0.290. The van der Waals surface area contributed by atoms with E-state index in [0.29, 0.717) is 34.4 Å². The molecule has 4 N–H and O–H groups in total. The minimum atomic E-state index is -0.298. The summed E-state index contributed by atoms with van der Waals surface area (Å²) in [5.41, 5.74) is 10.8. The first-order valence-corrected chi connectivity index (χ1v) is 12.4. The van der Waals surface area contributed by atoms with Gasteiger partial charge in [0.25, 0.3) is 0 Å². The Hall–Kier alpha value is -3.54. The lowest BCUT2D eigenvalue weighted by molar-refractivity contribution is 0.260. The predicted molar refractivity (Wildman–Crippen MR) is 141 cm³/mol. The molecule has 1 saturated carbocycles. The van der Waals surface area contributed by atoms with Gasteiger partial charge in [0.15, 0.2) is 0 Å². The first kappa shape index (κ1) is 24.2. The number of nitrogens with zero attached hydrogens (tertiary/aromatic N) is 3. The maximum absolute atomic E-state index is 13.7. The van der Waals surface area contributed by atoms with E-state index in [1.807, 2.05) is 18.3 Å². The number of anilines is 2. The van der Waals surface area contributed by atoms with Crippen LogP contribution in [0.5, 0.6) is 0 Å². The zero-order valence-corrected chi connectivity index (χ0v) is 21.2. The zero-order chi connectivity index (χ0) is 25.4. The molecule has 7 nitrogen and oxygen atoms in total. The SMILES string of the molecule is CC(C)(C)CNc1c(C#N)cnc2c(Cl)cc(N[C@H](C3=CN(C4CC4)NN3)c3ccc(F)cc3)cc12. The van der Waals surface area contributed by atoms with Crippen LogP contribution in [0.3, 0.4) is 0 Å². The lowest BCUT2D eigenvalue weighted by atomic mass is 9.96. The van der Waals surface area contributed by atoms with Crippen LogP contribution < -0.4 is 21.6 Å². The van der Waals surface area contributed by atoms with Crippen molar-refractivity contribution >= 4 is 33.9 Å². The van der Waals surface area contributed by atoms with Gasteiger partial charge >= 0.3 is 0 Å². The molecular formula is C27H29ClFN7. The van der Waals surface area contributed by atoms with E-state index in [1.165, 1.54) is 12.1 Å². The summed E-state index contributed by atoms with van der Waals surface area (Å²) in [6.45, 7) is 7.06. The number of aromatic nitrogens is 1. The molecule has 1 aliphatic heterocycles.